The average Bonchev–Trinajstić information content (AvgIpc) is 2.98. The smallest absolute Gasteiger partial charge is 0.342 e. The standard InChI is InChI=1S/C14H19NO7S/c1-7-5-15(6-10(7)13(16)17)23(19,20)12-9(3)22-8(2)11(12)14(18)21-4/h7,10H,5-6H2,1-4H3,(H,16,17)/t7-,10-/m1/s1. The topological polar surface area (TPSA) is 114 Å². The third kappa shape index (κ3) is 2.86. The molecule has 2 atom stereocenters. The molecule has 1 saturated heterocycles. The summed E-state index contributed by atoms with van der Waals surface area (Å²) in [5, 5.41) is 9.16. The molecule has 0 aromatic carbocycles. The second-order valence-corrected chi connectivity index (χ2v) is 7.53. The van der Waals surface area contributed by atoms with Crippen molar-refractivity contribution in [3.63, 3.8) is 0 Å². The van der Waals surface area contributed by atoms with Crippen molar-refractivity contribution in [2.75, 3.05) is 20.2 Å². The second-order valence-electron chi connectivity index (χ2n) is 5.65. The number of carboxylic acid groups (broad SMARTS) is 1. The average molecular weight is 345 g/mol. The number of hydrogen-bond donors (Lipinski definition) is 1. The first-order valence-electron chi connectivity index (χ1n) is 7.02. The molecule has 0 bridgehead atoms. The molecule has 0 unspecified atom stereocenters. The van der Waals surface area contributed by atoms with Crippen molar-refractivity contribution in [2.24, 2.45) is 11.8 Å². The molecular weight excluding hydrogens is 326 g/mol. The lowest BCUT2D eigenvalue weighted by atomic mass is 9.99. The van der Waals surface area contributed by atoms with Gasteiger partial charge in [0.15, 0.2) is 0 Å². The summed E-state index contributed by atoms with van der Waals surface area (Å²) >= 11 is 0. The Morgan fingerprint density at radius 1 is 1.26 bits per heavy atom. The number of esters is 1. The van der Waals surface area contributed by atoms with E-state index in [1.807, 2.05) is 0 Å². The molecule has 0 saturated carbocycles. The van der Waals surface area contributed by atoms with Gasteiger partial charge in [-0.25, -0.2) is 13.2 Å². The van der Waals surface area contributed by atoms with Gasteiger partial charge in [0.05, 0.1) is 13.0 Å². The molecule has 8 nitrogen and oxygen atoms in total. The van der Waals surface area contributed by atoms with Crippen molar-refractivity contribution >= 4 is 22.0 Å². The predicted octanol–water partition coefficient (Wildman–Crippen LogP) is 1.02. The Labute approximate surface area is 134 Å². The second kappa shape index (κ2) is 5.97. The Bertz CT molecular complexity index is 749. The van der Waals surface area contributed by atoms with Crippen LogP contribution in [0.3, 0.4) is 0 Å². The van der Waals surface area contributed by atoms with Crippen LogP contribution in [0.4, 0.5) is 0 Å². The van der Waals surface area contributed by atoms with Gasteiger partial charge in [-0.05, 0) is 19.8 Å². The highest BCUT2D eigenvalue weighted by atomic mass is 32.2. The summed E-state index contributed by atoms with van der Waals surface area (Å²) in [6.07, 6.45) is 0. The Balaban J connectivity index is 2.50. The van der Waals surface area contributed by atoms with Crippen LogP contribution in [-0.4, -0.2) is 50.0 Å². The number of carboxylic acids is 1. The van der Waals surface area contributed by atoms with E-state index < -0.39 is 27.9 Å². The summed E-state index contributed by atoms with van der Waals surface area (Å²) in [5.74, 6) is -2.72. The van der Waals surface area contributed by atoms with Crippen LogP contribution in [0.1, 0.15) is 28.8 Å². The Morgan fingerprint density at radius 2 is 1.87 bits per heavy atom. The SMILES string of the molecule is COC(=O)c1c(C)oc(C)c1S(=O)(=O)N1C[C@@H](C)[C@H](C(=O)O)C1. The fourth-order valence-electron chi connectivity index (χ4n) is 2.88. The van der Waals surface area contributed by atoms with Crippen LogP contribution in [0.5, 0.6) is 0 Å². The molecule has 23 heavy (non-hydrogen) atoms. The maximum absolute atomic E-state index is 12.9. The zero-order valence-corrected chi connectivity index (χ0v) is 14.1. The van der Waals surface area contributed by atoms with Crippen molar-refractivity contribution in [2.45, 2.75) is 25.7 Å². The molecule has 1 aliphatic heterocycles. The van der Waals surface area contributed by atoms with Crippen molar-refractivity contribution in [3.05, 3.63) is 17.1 Å². The minimum atomic E-state index is -4.06. The summed E-state index contributed by atoms with van der Waals surface area (Å²) in [6.45, 7) is 4.54. The molecule has 0 spiro atoms. The maximum atomic E-state index is 12.9. The third-order valence-electron chi connectivity index (χ3n) is 4.09. The van der Waals surface area contributed by atoms with Gasteiger partial charge in [-0.2, -0.15) is 4.31 Å². The lowest BCUT2D eigenvalue weighted by molar-refractivity contribution is -0.142. The maximum Gasteiger partial charge on any atom is 0.342 e. The largest absolute Gasteiger partial charge is 0.481 e. The number of furan rings is 1. The Hall–Kier alpha value is -1.87. The van der Waals surface area contributed by atoms with Crippen LogP contribution in [0.25, 0.3) is 0 Å². The number of sulfonamides is 1. The van der Waals surface area contributed by atoms with Crippen molar-refractivity contribution < 1.29 is 32.3 Å². The van der Waals surface area contributed by atoms with Crippen LogP contribution in [0.2, 0.25) is 0 Å². The van der Waals surface area contributed by atoms with E-state index in [4.69, 9.17) is 9.52 Å². The summed E-state index contributed by atoms with van der Waals surface area (Å²) in [4.78, 5) is 22.9. The van der Waals surface area contributed by atoms with Crippen molar-refractivity contribution in [3.8, 4) is 0 Å². The van der Waals surface area contributed by atoms with Crippen LogP contribution in [0.15, 0.2) is 9.31 Å². The minimum Gasteiger partial charge on any atom is -0.481 e. The molecule has 1 aromatic rings. The molecule has 2 rings (SSSR count). The summed E-state index contributed by atoms with van der Waals surface area (Å²) < 4.78 is 36.8. The number of ether oxygens (including phenoxy) is 1. The Morgan fingerprint density at radius 3 is 2.35 bits per heavy atom. The number of nitrogens with zero attached hydrogens (tertiary/aromatic N) is 1. The molecule has 1 aliphatic rings. The fraction of sp³-hybridized carbons (Fsp3) is 0.571. The quantitative estimate of drug-likeness (QED) is 0.810. The lowest BCUT2D eigenvalue weighted by Crippen LogP contribution is -2.31. The highest BCUT2D eigenvalue weighted by Gasteiger charge is 2.43. The molecule has 0 aliphatic carbocycles. The normalized spacial score (nSPS) is 22.3. The van der Waals surface area contributed by atoms with E-state index in [-0.39, 0.29) is 41.0 Å². The first-order valence-corrected chi connectivity index (χ1v) is 8.46. The van der Waals surface area contributed by atoms with E-state index in [2.05, 4.69) is 4.74 Å². The number of aliphatic carboxylic acids is 1. The molecule has 1 aromatic heterocycles. The summed E-state index contributed by atoms with van der Waals surface area (Å²) in [5.41, 5.74) is -0.142. The van der Waals surface area contributed by atoms with E-state index in [0.717, 1.165) is 11.4 Å². The van der Waals surface area contributed by atoms with E-state index in [1.165, 1.54) is 13.8 Å². The molecule has 0 amide bonds. The molecule has 2 heterocycles. The van der Waals surface area contributed by atoms with Gasteiger partial charge < -0.3 is 14.3 Å². The highest BCUT2D eigenvalue weighted by molar-refractivity contribution is 7.89. The van der Waals surface area contributed by atoms with Gasteiger partial charge in [0, 0.05) is 13.1 Å². The third-order valence-corrected chi connectivity index (χ3v) is 6.07. The number of carbonyl (C=O) groups excluding carboxylic acids is 1. The van der Waals surface area contributed by atoms with Gasteiger partial charge in [-0.1, -0.05) is 6.92 Å². The van der Waals surface area contributed by atoms with E-state index in [9.17, 15) is 18.0 Å². The van der Waals surface area contributed by atoms with Gasteiger partial charge in [0.25, 0.3) is 0 Å². The number of hydrogen-bond acceptors (Lipinski definition) is 6. The minimum absolute atomic E-state index is 0.0730. The van der Waals surface area contributed by atoms with Crippen molar-refractivity contribution in [1.82, 2.24) is 4.31 Å². The fourth-order valence-corrected chi connectivity index (χ4v) is 4.82. The van der Waals surface area contributed by atoms with Gasteiger partial charge in [0.1, 0.15) is 22.0 Å². The van der Waals surface area contributed by atoms with Crippen LogP contribution in [0, 0.1) is 25.7 Å². The van der Waals surface area contributed by atoms with E-state index in [0.29, 0.717) is 0 Å². The lowest BCUT2D eigenvalue weighted by Gasteiger charge is -2.16. The van der Waals surface area contributed by atoms with Gasteiger partial charge in [-0.15, -0.1) is 0 Å². The van der Waals surface area contributed by atoms with Gasteiger partial charge in [0.2, 0.25) is 10.0 Å². The molecule has 1 fully saturated rings. The van der Waals surface area contributed by atoms with Crippen molar-refractivity contribution in [1.29, 1.82) is 0 Å². The summed E-state index contributed by atoms with van der Waals surface area (Å²) in [7, 11) is -2.91. The predicted molar refractivity (Wildman–Crippen MR) is 78.6 cm³/mol. The van der Waals surface area contributed by atoms with Crippen LogP contribution >= 0.6 is 0 Å². The van der Waals surface area contributed by atoms with Gasteiger partial charge >= 0.3 is 11.9 Å². The van der Waals surface area contributed by atoms with Crippen LogP contribution in [-0.2, 0) is 19.6 Å². The number of carbonyl (C=O) groups is 2. The van der Waals surface area contributed by atoms with E-state index in [1.54, 1.807) is 6.92 Å². The molecule has 0 radical (unpaired) electrons. The highest BCUT2D eigenvalue weighted by Crippen LogP contribution is 2.34. The monoisotopic (exact) mass is 345 g/mol. The van der Waals surface area contributed by atoms with E-state index >= 15 is 0 Å². The number of rotatable bonds is 4. The number of aryl methyl sites for hydroxylation is 2. The van der Waals surface area contributed by atoms with Crippen LogP contribution < -0.4 is 0 Å². The Kier molecular flexibility index (Phi) is 4.54. The molecule has 1 N–H and O–H groups in total. The first-order chi connectivity index (χ1) is 10.6. The molecular formula is C14H19NO7S. The molecule has 9 heteroatoms. The van der Waals surface area contributed by atoms with Gasteiger partial charge in [-0.3, -0.25) is 4.79 Å². The first kappa shape index (κ1) is 17.5. The zero-order chi connectivity index (χ0) is 17.5. The molecule has 128 valence electrons. The summed E-state index contributed by atoms with van der Waals surface area (Å²) in [6, 6.07) is 0. The number of methoxy groups -OCH3 is 1. The zero-order valence-electron chi connectivity index (χ0n) is 13.3.